The number of hydrogen-bond donors (Lipinski definition) is 2. The van der Waals surface area contributed by atoms with Gasteiger partial charge in [0.2, 0.25) is 0 Å². The van der Waals surface area contributed by atoms with Gasteiger partial charge in [0.25, 0.3) is 0 Å². The fourth-order valence-electron chi connectivity index (χ4n) is 2.39. The Labute approximate surface area is 174 Å². The van der Waals surface area contributed by atoms with Crippen molar-refractivity contribution < 1.29 is 14.2 Å². The fourth-order valence-corrected chi connectivity index (χ4v) is 2.39. The third-order valence-corrected chi connectivity index (χ3v) is 3.87. The lowest BCUT2D eigenvalue weighted by molar-refractivity contribution is 0.128. The van der Waals surface area contributed by atoms with Crippen LogP contribution in [0, 0.1) is 5.92 Å². The highest BCUT2D eigenvalue weighted by atomic mass is 127. The van der Waals surface area contributed by atoms with Gasteiger partial charge in [-0.1, -0.05) is 19.9 Å². The van der Waals surface area contributed by atoms with Crippen molar-refractivity contribution >= 4 is 29.9 Å². The molecule has 0 unspecified atom stereocenters. The van der Waals surface area contributed by atoms with E-state index in [-0.39, 0.29) is 24.0 Å². The average Bonchev–Trinajstić information content (AvgIpc) is 2.85. The number of aliphatic imine (C=N–C) groups is 1. The summed E-state index contributed by atoms with van der Waals surface area (Å²) in [7, 11) is 1.77. The van der Waals surface area contributed by atoms with E-state index in [4.69, 9.17) is 14.2 Å². The van der Waals surface area contributed by atoms with Crippen LogP contribution < -0.4 is 20.1 Å². The number of fused-ring (bicyclic) bond motifs is 1. The van der Waals surface area contributed by atoms with Gasteiger partial charge in [0.1, 0.15) is 0 Å². The van der Waals surface area contributed by atoms with E-state index in [1.54, 1.807) is 7.05 Å². The number of nitrogens with zero attached hydrogens (tertiary/aromatic N) is 1. The summed E-state index contributed by atoms with van der Waals surface area (Å²) in [6.07, 6.45) is 2.01. The average molecular weight is 477 g/mol. The predicted octanol–water partition coefficient (Wildman–Crippen LogP) is 3.19. The first-order chi connectivity index (χ1) is 12.2. The van der Waals surface area contributed by atoms with Crippen molar-refractivity contribution in [2.45, 2.75) is 33.2 Å². The second-order valence-electron chi connectivity index (χ2n) is 6.48. The van der Waals surface area contributed by atoms with E-state index >= 15 is 0 Å². The maximum Gasteiger partial charge on any atom is 0.191 e. The Morgan fingerprint density at radius 3 is 2.65 bits per heavy atom. The number of hydrogen-bond acceptors (Lipinski definition) is 4. The smallest absolute Gasteiger partial charge is 0.191 e. The maximum atomic E-state index is 5.73. The van der Waals surface area contributed by atoms with E-state index in [0.29, 0.717) is 32.3 Å². The molecule has 26 heavy (non-hydrogen) atoms. The molecule has 0 atom stereocenters. The van der Waals surface area contributed by atoms with E-state index in [1.165, 1.54) is 0 Å². The number of rotatable bonds is 8. The zero-order valence-electron chi connectivity index (χ0n) is 16.0. The van der Waals surface area contributed by atoms with E-state index in [1.807, 2.05) is 18.2 Å². The predicted molar refractivity (Wildman–Crippen MR) is 116 cm³/mol. The van der Waals surface area contributed by atoms with Gasteiger partial charge in [-0.3, -0.25) is 4.99 Å². The van der Waals surface area contributed by atoms with Crippen molar-refractivity contribution in [1.29, 1.82) is 0 Å². The van der Waals surface area contributed by atoms with Gasteiger partial charge in [-0.2, -0.15) is 0 Å². The number of halogens is 1. The fraction of sp³-hybridized carbons (Fsp3) is 0.632. The molecule has 0 amide bonds. The molecule has 0 saturated heterocycles. The lowest BCUT2D eigenvalue weighted by Crippen LogP contribution is -2.38. The zero-order chi connectivity index (χ0) is 17.9. The van der Waals surface area contributed by atoms with Crippen LogP contribution in [0.2, 0.25) is 0 Å². The number of guanidine groups is 1. The van der Waals surface area contributed by atoms with E-state index in [9.17, 15) is 0 Å². The number of benzene rings is 1. The summed E-state index contributed by atoms with van der Waals surface area (Å²) in [5, 5.41) is 6.56. The topological polar surface area (TPSA) is 64.1 Å². The quantitative estimate of drug-likeness (QED) is 0.261. The van der Waals surface area contributed by atoms with Crippen molar-refractivity contribution in [3.8, 4) is 11.5 Å². The van der Waals surface area contributed by atoms with Crippen molar-refractivity contribution in [3.63, 3.8) is 0 Å². The molecule has 1 aromatic carbocycles. The Bertz CT molecular complexity index is 553. The third-order valence-electron chi connectivity index (χ3n) is 3.87. The SMILES string of the molecule is CN=C(NCCOCCC(C)C)NCc1ccc2c(c1)OCCCO2.I. The second kappa shape index (κ2) is 13.0. The maximum absolute atomic E-state index is 5.73. The summed E-state index contributed by atoms with van der Waals surface area (Å²) in [6.45, 7) is 8.70. The third kappa shape index (κ3) is 8.44. The molecule has 0 aromatic heterocycles. The van der Waals surface area contributed by atoms with Crippen LogP contribution in [0.1, 0.15) is 32.3 Å². The molecule has 6 nitrogen and oxygen atoms in total. The Morgan fingerprint density at radius 1 is 1.15 bits per heavy atom. The molecular formula is C19H32IN3O3. The van der Waals surface area contributed by atoms with Crippen LogP contribution >= 0.6 is 24.0 Å². The van der Waals surface area contributed by atoms with Gasteiger partial charge < -0.3 is 24.8 Å². The molecule has 7 heteroatoms. The summed E-state index contributed by atoms with van der Waals surface area (Å²) < 4.78 is 17.0. The molecule has 0 aliphatic carbocycles. The molecule has 1 aliphatic rings. The van der Waals surface area contributed by atoms with E-state index in [0.717, 1.165) is 49.0 Å². The van der Waals surface area contributed by atoms with Crippen molar-refractivity contribution in [2.75, 3.05) is 40.0 Å². The van der Waals surface area contributed by atoms with Gasteiger partial charge in [0, 0.05) is 33.2 Å². The van der Waals surface area contributed by atoms with E-state index in [2.05, 4.69) is 29.5 Å². The van der Waals surface area contributed by atoms with Crippen LogP contribution in [0.15, 0.2) is 23.2 Å². The highest BCUT2D eigenvalue weighted by molar-refractivity contribution is 14.0. The summed E-state index contributed by atoms with van der Waals surface area (Å²) in [5.74, 6) is 3.08. The first kappa shape index (κ1) is 22.8. The largest absolute Gasteiger partial charge is 0.490 e. The van der Waals surface area contributed by atoms with Crippen molar-refractivity contribution in [1.82, 2.24) is 10.6 Å². The number of ether oxygens (including phenoxy) is 3. The summed E-state index contributed by atoms with van der Waals surface area (Å²) in [4.78, 5) is 4.23. The zero-order valence-corrected chi connectivity index (χ0v) is 18.4. The van der Waals surface area contributed by atoms with Gasteiger partial charge in [-0.15, -0.1) is 24.0 Å². The van der Waals surface area contributed by atoms with Crippen LogP contribution in [0.3, 0.4) is 0 Å². The van der Waals surface area contributed by atoms with Crippen LogP contribution in [0.5, 0.6) is 11.5 Å². The van der Waals surface area contributed by atoms with Gasteiger partial charge in [-0.05, 0) is 30.0 Å². The minimum Gasteiger partial charge on any atom is -0.490 e. The normalized spacial score (nSPS) is 13.8. The molecule has 0 radical (unpaired) electrons. The van der Waals surface area contributed by atoms with Gasteiger partial charge in [-0.25, -0.2) is 0 Å². The molecule has 2 N–H and O–H groups in total. The van der Waals surface area contributed by atoms with E-state index < -0.39 is 0 Å². The van der Waals surface area contributed by atoms with Crippen LogP contribution in [-0.4, -0.2) is 46.0 Å². The molecule has 0 spiro atoms. The highest BCUT2D eigenvalue weighted by Crippen LogP contribution is 2.30. The van der Waals surface area contributed by atoms with Crippen LogP contribution in [0.4, 0.5) is 0 Å². The summed E-state index contributed by atoms with van der Waals surface area (Å²) in [6, 6.07) is 6.04. The lowest BCUT2D eigenvalue weighted by atomic mass is 10.1. The minimum atomic E-state index is 0. The second-order valence-corrected chi connectivity index (χ2v) is 6.48. The molecule has 0 saturated carbocycles. The molecule has 1 aromatic rings. The Morgan fingerprint density at radius 2 is 1.92 bits per heavy atom. The highest BCUT2D eigenvalue weighted by Gasteiger charge is 2.10. The molecule has 0 fully saturated rings. The number of nitrogens with one attached hydrogen (secondary N) is 2. The standard InChI is InChI=1S/C19H31N3O3.HI/c1-15(2)7-11-23-12-8-21-19(20-3)22-14-16-5-6-17-18(13-16)25-10-4-9-24-17;/h5-6,13,15H,4,7-12,14H2,1-3H3,(H2,20,21,22);1H. The molecule has 148 valence electrons. The van der Waals surface area contributed by atoms with Crippen LogP contribution in [-0.2, 0) is 11.3 Å². The van der Waals surface area contributed by atoms with Crippen molar-refractivity contribution in [2.24, 2.45) is 10.9 Å². The lowest BCUT2D eigenvalue weighted by Gasteiger charge is -2.14. The molecule has 2 rings (SSSR count). The van der Waals surface area contributed by atoms with Crippen LogP contribution in [0.25, 0.3) is 0 Å². The minimum absolute atomic E-state index is 0. The Balaban J connectivity index is 0.00000338. The molecule has 1 aliphatic heterocycles. The van der Waals surface area contributed by atoms with Gasteiger partial charge in [0.05, 0.1) is 19.8 Å². The molecule has 1 heterocycles. The Hall–Kier alpha value is -1.22. The van der Waals surface area contributed by atoms with Gasteiger partial charge in [0.15, 0.2) is 17.5 Å². The first-order valence-corrected chi connectivity index (χ1v) is 9.10. The molecular weight excluding hydrogens is 445 g/mol. The molecule has 0 bridgehead atoms. The Kier molecular flexibility index (Phi) is 11.4. The summed E-state index contributed by atoms with van der Waals surface area (Å²) >= 11 is 0. The summed E-state index contributed by atoms with van der Waals surface area (Å²) in [5.41, 5.74) is 1.13. The van der Waals surface area contributed by atoms with Gasteiger partial charge >= 0.3 is 0 Å². The van der Waals surface area contributed by atoms with Crippen molar-refractivity contribution in [3.05, 3.63) is 23.8 Å². The monoisotopic (exact) mass is 477 g/mol. The first-order valence-electron chi connectivity index (χ1n) is 9.10.